The quantitative estimate of drug-likeness (QED) is 0.845. The molecule has 23 heavy (non-hydrogen) atoms. The van der Waals surface area contributed by atoms with Gasteiger partial charge in [0.25, 0.3) is 11.5 Å². The van der Waals surface area contributed by atoms with Gasteiger partial charge < -0.3 is 9.88 Å². The summed E-state index contributed by atoms with van der Waals surface area (Å²) in [6.45, 7) is 2.46. The third kappa shape index (κ3) is 3.34. The first kappa shape index (κ1) is 17.3. The molecule has 1 aliphatic rings. The highest BCUT2D eigenvalue weighted by Crippen LogP contribution is 2.29. The summed E-state index contributed by atoms with van der Waals surface area (Å²) in [4.78, 5) is 36.3. The second-order valence-corrected chi connectivity index (χ2v) is 5.99. The first-order valence-corrected chi connectivity index (χ1v) is 6.92. The maximum absolute atomic E-state index is 12.7. The van der Waals surface area contributed by atoms with Crippen molar-refractivity contribution in [2.45, 2.75) is 32.1 Å². The Morgan fingerprint density at radius 2 is 1.83 bits per heavy atom. The van der Waals surface area contributed by atoms with Crippen LogP contribution >= 0.6 is 11.6 Å². The summed E-state index contributed by atoms with van der Waals surface area (Å²) < 4.78 is 39.0. The summed E-state index contributed by atoms with van der Waals surface area (Å²) in [6, 6.07) is -0.122. The van der Waals surface area contributed by atoms with E-state index in [1.54, 1.807) is 0 Å². The van der Waals surface area contributed by atoms with Crippen LogP contribution in [-0.4, -0.2) is 33.5 Å². The summed E-state index contributed by atoms with van der Waals surface area (Å²) in [5.74, 6) is -0.520. The molecule has 0 aromatic carbocycles. The predicted octanol–water partition coefficient (Wildman–Crippen LogP) is 1.85. The number of nitrogens with one attached hydrogen (secondary N) is 1. The zero-order valence-corrected chi connectivity index (χ0v) is 13.0. The van der Waals surface area contributed by atoms with Crippen LogP contribution in [0.25, 0.3) is 0 Å². The van der Waals surface area contributed by atoms with E-state index in [0.717, 1.165) is 9.47 Å². The van der Waals surface area contributed by atoms with Crippen LogP contribution in [0.3, 0.4) is 0 Å². The van der Waals surface area contributed by atoms with Crippen molar-refractivity contribution in [1.82, 2.24) is 14.8 Å². The molecule has 1 aromatic heterocycles. The van der Waals surface area contributed by atoms with Crippen LogP contribution in [-0.2, 0) is 17.5 Å². The molecule has 0 atom stereocenters. The zero-order valence-electron chi connectivity index (χ0n) is 12.2. The molecule has 1 aliphatic heterocycles. The molecule has 2 rings (SSSR count). The van der Waals surface area contributed by atoms with Crippen molar-refractivity contribution in [2.75, 3.05) is 6.54 Å². The highest BCUT2D eigenvalue weighted by Gasteiger charge is 2.44. The normalized spacial score (nSPS) is 17.6. The van der Waals surface area contributed by atoms with Crippen molar-refractivity contribution in [3.63, 3.8) is 0 Å². The van der Waals surface area contributed by atoms with Gasteiger partial charge in [-0.05, 0) is 19.9 Å². The summed E-state index contributed by atoms with van der Waals surface area (Å²) in [7, 11) is 0. The van der Waals surface area contributed by atoms with Crippen LogP contribution in [0.5, 0.6) is 0 Å². The van der Waals surface area contributed by atoms with E-state index in [1.807, 2.05) is 0 Å². The molecule has 1 aromatic rings. The SMILES string of the molecule is CC1(C)NC(=O)N(CCn2cc(C(F)(F)F)cc(Cl)c2=O)C1=O. The molecule has 2 heterocycles. The minimum atomic E-state index is -4.66. The average molecular weight is 352 g/mol. The van der Waals surface area contributed by atoms with Gasteiger partial charge in [-0.25, -0.2) is 4.79 Å². The molecule has 3 amide bonds. The van der Waals surface area contributed by atoms with E-state index in [0.29, 0.717) is 12.3 Å². The van der Waals surface area contributed by atoms with Gasteiger partial charge in [-0.2, -0.15) is 13.2 Å². The van der Waals surface area contributed by atoms with E-state index in [9.17, 15) is 27.6 Å². The number of carbonyl (C=O) groups excluding carboxylic acids is 2. The number of carbonyl (C=O) groups is 2. The van der Waals surface area contributed by atoms with E-state index >= 15 is 0 Å². The van der Waals surface area contributed by atoms with Crippen molar-refractivity contribution >= 4 is 23.5 Å². The lowest BCUT2D eigenvalue weighted by molar-refractivity contribution is -0.138. The molecule has 0 bridgehead atoms. The lowest BCUT2D eigenvalue weighted by atomic mass is 10.1. The van der Waals surface area contributed by atoms with Gasteiger partial charge in [-0.1, -0.05) is 11.6 Å². The number of imide groups is 1. The maximum Gasteiger partial charge on any atom is 0.417 e. The molecule has 6 nitrogen and oxygen atoms in total. The van der Waals surface area contributed by atoms with Crippen molar-refractivity contribution in [2.24, 2.45) is 0 Å². The van der Waals surface area contributed by atoms with E-state index in [-0.39, 0.29) is 13.1 Å². The number of alkyl halides is 3. The number of hydrogen-bond donors (Lipinski definition) is 1. The molecule has 1 saturated heterocycles. The molecular formula is C13H13ClF3N3O3. The third-order valence-corrected chi connectivity index (χ3v) is 3.65. The molecule has 10 heteroatoms. The largest absolute Gasteiger partial charge is 0.417 e. The van der Waals surface area contributed by atoms with Gasteiger partial charge in [0.1, 0.15) is 10.6 Å². The Labute approximate surface area is 133 Å². The highest BCUT2D eigenvalue weighted by molar-refractivity contribution is 6.30. The fraction of sp³-hybridized carbons (Fsp3) is 0.462. The second-order valence-electron chi connectivity index (χ2n) is 5.58. The minimum Gasteiger partial charge on any atom is -0.324 e. The van der Waals surface area contributed by atoms with Gasteiger partial charge in [0.2, 0.25) is 0 Å². The summed E-state index contributed by atoms with van der Waals surface area (Å²) in [5, 5.41) is 1.85. The first-order valence-electron chi connectivity index (χ1n) is 6.55. The number of aromatic nitrogens is 1. The minimum absolute atomic E-state index is 0.244. The van der Waals surface area contributed by atoms with E-state index < -0.39 is 39.8 Å². The van der Waals surface area contributed by atoms with Crippen LogP contribution in [0.2, 0.25) is 5.02 Å². The standard InChI is InChI=1S/C13H13ClF3N3O3/c1-12(2)10(22)20(11(23)18-12)4-3-19-6-7(13(15,16)17)5-8(14)9(19)21/h5-6H,3-4H2,1-2H3,(H,18,23). The molecule has 126 valence electrons. The Kier molecular flexibility index (Phi) is 4.18. The summed E-state index contributed by atoms with van der Waals surface area (Å²) >= 11 is 5.53. The van der Waals surface area contributed by atoms with Crippen LogP contribution in [0.15, 0.2) is 17.1 Å². The molecule has 0 radical (unpaired) electrons. The lowest BCUT2D eigenvalue weighted by Crippen LogP contribution is -2.41. The van der Waals surface area contributed by atoms with Gasteiger partial charge in [0, 0.05) is 19.3 Å². The number of halogens is 4. The molecule has 0 unspecified atom stereocenters. The smallest absolute Gasteiger partial charge is 0.324 e. The van der Waals surface area contributed by atoms with E-state index in [1.165, 1.54) is 13.8 Å². The van der Waals surface area contributed by atoms with Crippen LogP contribution < -0.4 is 10.9 Å². The Balaban J connectivity index is 2.25. The highest BCUT2D eigenvalue weighted by atomic mass is 35.5. The molecule has 0 saturated carbocycles. The van der Waals surface area contributed by atoms with Gasteiger partial charge in [-0.15, -0.1) is 0 Å². The molecular weight excluding hydrogens is 339 g/mol. The second kappa shape index (κ2) is 5.55. The lowest BCUT2D eigenvalue weighted by Gasteiger charge is -2.17. The van der Waals surface area contributed by atoms with Crippen LogP contribution in [0.4, 0.5) is 18.0 Å². The van der Waals surface area contributed by atoms with Gasteiger partial charge in [-0.3, -0.25) is 14.5 Å². The van der Waals surface area contributed by atoms with Crippen LogP contribution in [0.1, 0.15) is 19.4 Å². The molecule has 1 fully saturated rings. The first-order chi connectivity index (χ1) is 10.4. The molecule has 0 spiro atoms. The number of rotatable bonds is 3. The van der Waals surface area contributed by atoms with Crippen molar-refractivity contribution in [1.29, 1.82) is 0 Å². The van der Waals surface area contributed by atoms with Gasteiger partial charge >= 0.3 is 12.2 Å². The van der Waals surface area contributed by atoms with Gasteiger partial charge in [0.05, 0.1) is 5.56 Å². The topological polar surface area (TPSA) is 71.4 Å². The Morgan fingerprint density at radius 1 is 1.22 bits per heavy atom. The average Bonchev–Trinajstić information content (AvgIpc) is 2.59. The van der Waals surface area contributed by atoms with Crippen LogP contribution in [0, 0.1) is 0 Å². The third-order valence-electron chi connectivity index (χ3n) is 3.38. The molecule has 0 aliphatic carbocycles. The van der Waals surface area contributed by atoms with E-state index in [4.69, 9.17) is 11.6 Å². The fourth-order valence-corrected chi connectivity index (χ4v) is 2.38. The number of nitrogens with zero attached hydrogens (tertiary/aromatic N) is 2. The van der Waals surface area contributed by atoms with Crippen molar-refractivity contribution < 1.29 is 22.8 Å². The number of hydrogen-bond acceptors (Lipinski definition) is 3. The number of urea groups is 1. The molecule has 1 N–H and O–H groups in total. The van der Waals surface area contributed by atoms with Gasteiger partial charge in [0.15, 0.2) is 0 Å². The summed E-state index contributed by atoms with van der Waals surface area (Å²) in [6.07, 6.45) is -4.06. The zero-order chi connectivity index (χ0) is 17.6. The predicted molar refractivity (Wildman–Crippen MR) is 75.0 cm³/mol. The van der Waals surface area contributed by atoms with Crippen molar-refractivity contribution in [3.05, 3.63) is 33.2 Å². The number of amides is 3. The Morgan fingerprint density at radius 3 is 2.30 bits per heavy atom. The van der Waals surface area contributed by atoms with E-state index in [2.05, 4.69) is 5.32 Å². The van der Waals surface area contributed by atoms with Crippen molar-refractivity contribution in [3.8, 4) is 0 Å². The Hall–Kier alpha value is -2.03. The maximum atomic E-state index is 12.7. The summed E-state index contributed by atoms with van der Waals surface area (Å²) in [5.41, 5.74) is -3.00. The monoisotopic (exact) mass is 351 g/mol. The fourth-order valence-electron chi connectivity index (χ4n) is 2.15. The number of pyridine rings is 1. The Bertz CT molecular complexity index is 727.